The highest BCUT2D eigenvalue weighted by Gasteiger charge is 1.91. The minimum Gasteiger partial charge on any atom is -0.285 e. The van der Waals surface area contributed by atoms with Gasteiger partial charge in [0.15, 0.2) is 0 Å². The minimum atomic E-state index is 1.05. The van der Waals surface area contributed by atoms with Crippen LogP contribution in [0, 0.1) is 6.07 Å². The quantitative estimate of drug-likeness (QED) is 0.649. The Hall–Kier alpha value is -0.790. The molecule has 9 heavy (non-hydrogen) atoms. The van der Waals surface area contributed by atoms with Crippen molar-refractivity contribution < 1.29 is 0 Å². The second-order valence-corrected chi connectivity index (χ2v) is 2.08. The number of unbranched alkanes of at least 4 members (excludes halogenated alkanes) is 1. The zero-order valence-corrected chi connectivity index (χ0v) is 5.65. The van der Waals surface area contributed by atoms with Crippen LogP contribution in [0.1, 0.15) is 25.5 Å². The molecule has 0 fully saturated rings. The fraction of sp³-hybridized carbons (Fsp3) is 0.571. The molecule has 1 N–H and O–H groups in total. The third-order valence-electron chi connectivity index (χ3n) is 1.27. The fourth-order valence-electron chi connectivity index (χ4n) is 0.730. The van der Waals surface area contributed by atoms with E-state index < -0.39 is 0 Å². The van der Waals surface area contributed by atoms with Crippen LogP contribution in [-0.2, 0) is 6.42 Å². The Morgan fingerprint density at radius 1 is 1.78 bits per heavy atom. The standard InChI is InChI=1S/C7H11N2/c1-2-3-4-7-5-6-8-9-7/h6H,2-4H2,1H3,(H,8,9). The highest BCUT2D eigenvalue weighted by atomic mass is 15.1. The molecular formula is C7H11N2. The van der Waals surface area contributed by atoms with Gasteiger partial charge in [0.2, 0.25) is 0 Å². The van der Waals surface area contributed by atoms with Gasteiger partial charge in [-0.05, 0) is 12.8 Å². The zero-order valence-electron chi connectivity index (χ0n) is 5.65. The van der Waals surface area contributed by atoms with E-state index in [1.54, 1.807) is 6.20 Å². The number of hydrogen-bond donors (Lipinski definition) is 1. The Morgan fingerprint density at radius 3 is 3.22 bits per heavy atom. The first kappa shape index (κ1) is 6.33. The van der Waals surface area contributed by atoms with E-state index >= 15 is 0 Å². The fourth-order valence-corrected chi connectivity index (χ4v) is 0.730. The smallest absolute Gasteiger partial charge is 0.0701 e. The van der Waals surface area contributed by atoms with Crippen LogP contribution < -0.4 is 0 Å². The summed E-state index contributed by atoms with van der Waals surface area (Å²) in [4.78, 5) is 0. The average Bonchev–Trinajstić information content (AvgIpc) is 2.34. The molecule has 0 spiro atoms. The molecule has 1 aromatic rings. The van der Waals surface area contributed by atoms with Crippen molar-refractivity contribution in [3.05, 3.63) is 18.0 Å². The summed E-state index contributed by atoms with van der Waals surface area (Å²) in [5.74, 6) is 0. The lowest BCUT2D eigenvalue weighted by Crippen LogP contribution is -1.83. The van der Waals surface area contributed by atoms with Crippen molar-refractivity contribution in [1.82, 2.24) is 10.2 Å². The number of nitrogens with zero attached hydrogens (tertiary/aromatic N) is 1. The summed E-state index contributed by atoms with van der Waals surface area (Å²) in [5.41, 5.74) is 1.05. The molecule has 0 aromatic carbocycles. The maximum Gasteiger partial charge on any atom is 0.0701 e. The van der Waals surface area contributed by atoms with Crippen molar-refractivity contribution >= 4 is 0 Å². The van der Waals surface area contributed by atoms with Crippen molar-refractivity contribution in [2.75, 3.05) is 0 Å². The summed E-state index contributed by atoms with van der Waals surface area (Å²) >= 11 is 0. The maximum absolute atomic E-state index is 3.97. The van der Waals surface area contributed by atoms with E-state index in [0.717, 1.165) is 12.1 Å². The zero-order chi connectivity index (χ0) is 6.53. The van der Waals surface area contributed by atoms with Gasteiger partial charge in [-0.3, -0.25) is 5.10 Å². The van der Waals surface area contributed by atoms with Crippen LogP contribution in [0.3, 0.4) is 0 Å². The van der Waals surface area contributed by atoms with Crippen LogP contribution in [-0.4, -0.2) is 10.2 Å². The van der Waals surface area contributed by atoms with Crippen molar-refractivity contribution in [3.63, 3.8) is 0 Å². The normalized spacial score (nSPS) is 9.89. The molecule has 0 aliphatic rings. The van der Waals surface area contributed by atoms with Crippen LogP contribution in [0.5, 0.6) is 0 Å². The summed E-state index contributed by atoms with van der Waals surface area (Å²) in [7, 11) is 0. The third-order valence-corrected chi connectivity index (χ3v) is 1.27. The first-order chi connectivity index (χ1) is 4.43. The summed E-state index contributed by atoms with van der Waals surface area (Å²) in [5, 5.41) is 6.71. The van der Waals surface area contributed by atoms with Gasteiger partial charge in [0.1, 0.15) is 0 Å². The molecule has 0 saturated carbocycles. The van der Waals surface area contributed by atoms with E-state index in [4.69, 9.17) is 0 Å². The van der Waals surface area contributed by atoms with E-state index in [9.17, 15) is 0 Å². The lowest BCUT2D eigenvalue weighted by molar-refractivity contribution is 0.771. The van der Waals surface area contributed by atoms with Gasteiger partial charge in [0, 0.05) is 12.3 Å². The molecule has 0 amide bonds. The SMILES string of the molecule is CCCCc1[c]c[nH]n1. The molecule has 0 aliphatic carbocycles. The first-order valence-corrected chi connectivity index (χ1v) is 3.34. The van der Waals surface area contributed by atoms with Gasteiger partial charge in [0.05, 0.1) is 5.69 Å². The molecule has 1 heterocycles. The van der Waals surface area contributed by atoms with Gasteiger partial charge in [0.25, 0.3) is 0 Å². The molecule has 1 rings (SSSR count). The number of hydrogen-bond acceptors (Lipinski definition) is 1. The molecule has 2 nitrogen and oxygen atoms in total. The number of nitrogens with one attached hydrogen (secondary N) is 1. The van der Waals surface area contributed by atoms with Crippen molar-refractivity contribution in [1.29, 1.82) is 0 Å². The minimum absolute atomic E-state index is 1.05. The van der Waals surface area contributed by atoms with Crippen molar-refractivity contribution in [2.24, 2.45) is 0 Å². The molecule has 1 aromatic heterocycles. The second-order valence-electron chi connectivity index (χ2n) is 2.08. The van der Waals surface area contributed by atoms with Crippen molar-refractivity contribution in [2.45, 2.75) is 26.2 Å². The van der Waals surface area contributed by atoms with E-state index in [0.29, 0.717) is 0 Å². The Morgan fingerprint density at radius 2 is 2.67 bits per heavy atom. The van der Waals surface area contributed by atoms with E-state index in [1.165, 1.54) is 12.8 Å². The Kier molecular flexibility index (Phi) is 2.31. The molecule has 1 radical (unpaired) electrons. The van der Waals surface area contributed by atoms with Gasteiger partial charge in [-0.15, -0.1) is 0 Å². The predicted octanol–water partition coefficient (Wildman–Crippen LogP) is 1.55. The molecule has 0 saturated heterocycles. The predicted molar refractivity (Wildman–Crippen MR) is 36.0 cm³/mol. The van der Waals surface area contributed by atoms with Crippen LogP contribution >= 0.6 is 0 Å². The van der Waals surface area contributed by atoms with Crippen LogP contribution in [0.4, 0.5) is 0 Å². The molecule has 0 bridgehead atoms. The van der Waals surface area contributed by atoms with Crippen LogP contribution in [0.2, 0.25) is 0 Å². The number of aromatic amines is 1. The number of aromatic nitrogens is 2. The molecule has 49 valence electrons. The number of aryl methyl sites for hydroxylation is 1. The summed E-state index contributed by atoms with van der Waals surface area (Å²) in [6.45, 7) is 2.17. The maximum atomic E-state index is 3.97. The highest BCUT2D eigenvalue weighted by molar-refractivity contribution is 4.94. The molecule has 0 atom stereocenters. The van der Waals surface area contributed by atoms with Gasteiger partial charge >= 0.3 is 0 Å². The first-order valence-electron chi connectivity index (χ1n) is 3.34. The Labute approximate surface area is 55.3 Å². The number of H-pyrrole nitrogens is 1. The van der Waals surface area contributed by atoms with Gasteiger partial charge < -0.3 is 0 Å². The highest BCUT2D eigenvalue weighted by Crippen LogP contribution is 1.97. The van der Waals surface area contributed by atoms with Gasteiger partial charge in [-0.2, -0.15) is 5.10 Å². The monoisotopic (exact) mass is 123 g/mol. The van der Waals surface area contributed by atoms with Crippen molar-refractivity contribution in [3.8, 4) is 0 Å². The molecular weight excluding hydrogens is 112 g/mol. The lowest BCUT2D eigenvalue weighted by Gasteiger charge is -1.88. The van der Waals surface area contributed by atoms with E-state index in [1.807, 2.05) is 0 Å². The second kappa shape index (κ2) is 3.28. The average molecular weight is 123 g/mol. The summed E-state index contributed by atoms with van der Waals surface area (Å²) in [6.07, 6.45) is 5.23. The Balaban J connectivity index is 2.30. The molecule has 0 unspecified atom stereocenters. The Bertz CT molecular complexity index is 144. The van der Waals surface area contributed by atoms with Crippen LogP contribution in [0.15, 0.2) is 6.20 Å². The molecule has 2 heteroatoms. The third kappa shape index (κ3) is 1.88. The summed E-state index contributed by atoms with van der Waals surface area (Å²) < 4.78 is 0. The van der Waals surface area contributed by atoms with Gasteiger partial charge in [-0.1, -0.05) is 13.3 Å². The van der Waals surface area contributed by atoms with E-state index in [-0.39, 0.29) is 0 Å². The van der Waals surface area contributed by atoms with E-state index in [2.05, 4.69) is 23.2 Å². The topological polar surface area (TPSA) is 28.7 Å². The summed E-state index contributed by atoms with van der Waals surface area (Å²) in [6, 6.07) is 3.01. The molecule has 0 aliphatic heterocycles. The largest absolute Gasteiger partial charge is 0.285 e. The van der Waals surface area contributed by atoms with Gasteiger partial charge in [-0.25, -0.2) is 0 Å². The number of rotatable bonds is 3. The lowest BCUT2D eigenvalue weighted by atomic mass is 10.2. The van der Waals surface area contributed by atoms with Crippen LogP contribution in [0.25, 0.3) is 0 Å².